The first kappa shape index (κ1) is 17.4. The zero-order valence-electron chi connectivity index (χ0n) is 13.3. The zero-order valence-corrected chi connectivity index (χ0v) is 14.1. The summed E-state index contributed by atoms with van der Waals surface area (Å²) in [6, 6.07) is 0.0226. The number of hydrogen-bond donors (Lipinski definition) is 2. The van der Waals surface area contributed by atoms with Gasteiger partial charge in [-0.05, 0) is 34.6 Å². The molecule has 118 valence electrons. The van der Waals surface area contributed by atoms with Crippen LogP contribution in [0, 0.1) is 0 Å². The molecule has 0 radical (unpaired) electrons. The molecule has 6 nitrogen and oxygen atoms in total. The van der Waals surface area contributed by atoms with Crippen molar-refractivity contribution in [2.75, 3.05) is 6.54 Å². The molecule has 1 aromatic rings. The minimum Gasteiger partial charge on any atom is -0.349 e. The summed E-state index contributed by atoms with van der Waals surface area (Å²) in [5, 5.41) is 8.07. The second-order valence-corrected chi connectivity index (χ2v) is 6.25. The molecule has 0 atom stereocenters. The van der Waals surface area contributed by atoms with Crippen molar-refractivity contribution in [1.82, 2.24) is 20.5 Å². The molecule has 1 rings (SSSR count). The third-order valence-corrected chi connectivity index (χ3v) is 3.56. The fourth-order valence-electron chi connectivity index (χ4n) is 1.71. The normalized spacial score (nSPS) is 10.8. The first-order valence-electron chi connectivity index (χ1n) is 7.14. The van der Waals surface area contributed by atoms with Crippen LogP contribution in [0.1, 0.15) is 50.1 Å². The van der Waals surface area contributed by atoms with Crippen LogP contribution >= 0.6 is 11.3 Å². The Kier molecular flexibility index (Phi) is 6.61. The number of hydrogen-bond acceptors (Lipinski definition) is 4. The number of thiazole rings is 1. The summed E-state index contributed by atoms with van der Waals surface area (Å²) < 4.78 is 0. The van der Waals surface area contributed by atoms with Gasteiger partial charge in [0.05, 0.1) is 6.54 Å². The van der Waals surface area contributed by atoms with Crippen molar-refractivity contribution < 1.29 is 9.59 Å². The van der Waals surface area contributed by atoms with Crippen LogP contribution in [-0.2, 0) is 6.54 Å². The van der Waals surface area contributed by atoms with Gasteiger partial charge in [-0.25, -0.2) is 9.78 Å². The van der Waals surface area contributed by atoms with E-state index in [9.17, 15) is 9.59 Å². The third-order valence-electron chi connectivity index (χ3n) is 2.72. The summed E-state index contributed by atoms with van der Waals surface area (Å²) in [5.41, 5.74) is 0.406. The molecule has 0 saturated heterocycles. The Bertz CT molecular complexity index is 485. The number of urea groups is 1. The fraction of sp³-hybridized carbons (Fsp3) is 0.643. The highest BCUT2D eigenvalue weighted by molar-refractivity contribution is 7.09. The van der Waals surface area contributed by atoms with Crippen LogP contribution in [0.3, 0.4) is 0 Å². The first-order valence-corrected chi connectivity index (χ1v) is 8.02. The summed E-state index contributed by atoms with van der Waals surface area (Å²) in [7, 11) is 0. The molecule has 0 aliphatic heterocycles. The maximum atomic E-state index is 12.0. The van der Waals surface area contributed by atoms with Gasteiger partial charge >= 0.3 is 6.03 Å². The monoisotopic (exact) mass is 312 g/mol. The SMILES string of the molecule is CCNC(=O)N(Cc1nc(C(=O)NC(C)C)cs1)C(C)C. The van der Waals surface area contributed by atoms with Crippen molar-refractivity contribution >= 4 is 23.3 Å². The summed E-state index contributed by atoms with van der Waals surface area (Å²) >= 11 is 1.39. The zero-order chi connectivity index (χ0) is 16.0. The highest BCUT2D eigenvalue weighted by Gasteiger charge is 2.19. The van der Waals surface area contributed by atoms with E-state index in [1.54, 1.807) is 10.3 Å². The smallest absolute Gasteiger partial charge is 0.318 e. The topological polar surface area (TPSA) is 74.3 Å². The van der Waals surface area contributed by atoms with Crippen LogP contribution in [0.4, 0.5) is 4.79 Å². The van der Waals surface area contributed by atoms with Crippen LogP contribution in [0.5, 0.6) is 0 Å². The predicted molar refractivity (Wildman–Crippen MR) is 84.5 cm³/mol. The Hall–Kier alpha value is -1.63. The second-order valence-electron chi connectivity index (χ2n) is 5.31. The quantitative estimate of drug-likeness (QED) is 0.846. The summed E-state index contributed by atoms with van der Waals surface area (Å²) in [5.74, 6) is -0.179. The van der Waals surface area contributed by atoms with Crippen molar-refractivity contribution in [2.45, 2.75) is 53.2 Å². The van der Waals surface area contributed by atoms with Crippen molar-refractivity contribution in [3.05, 3.63) is 16.1 Å². The molecule has 0 spiro atoms. The molecule has 1 heterocycles. The van der Waals surface area contributed by atoms with Crippen molar-refractivity contribution in [1.29, 1.82) is 0 Å². The van der Waals surface area contributed by atoms with E-state index in [0.717, 1.165) is 5.01 Å². The largest absolute Gasteiger partial charge is 0.349 e. The number of nitrogens with zero attached hydrogens (tertiary/aromatic N) is 2. The lowest BCUT2D eigenvalue weighted by molar-refractivity contribution is 0.0938. The van der Waals surface area contributed by atoms with Crippen LogP contribution in [0.15, 0.2) is 5.38 Å². The van der Waals surface area contributed by atoms with Crippen LogP contribution in [0.25, 0.3) is 0 Å². The van der Waals surface area contributed by atoms with Gasteiger partial charge in [-0.15, -0.1) is 11.3 Å². The van der Waals surface area contributed by atoms with Gasteiger partial charge in [0.2, 0.25) is 0 Å². The Morgan fingerprint density at radius 2 is 2.00 bits per heavy atom. The number of carbonyl (C=O) groups is 2. The molecule has 7 heteroatoms. The average Bonchev–Trinajstić information content (AvgIpc) is 2.83. The minimum atomic E-state index is -0.179. The second kappa shape index (κ2) is 7.97. The molecule has 0 fully saturated rings. The van der Waals surface area contributed by atoms with Crippen molar-refractivity contribution in [3.8, 4) is 0 Å². The highest BCUT2D eigenvalue weighted by Crippen LogP contribution is 2.14. The Morgan fingerprint density at radius 1 is 1.33 bits per heavy atom. The van der Waals surface area contributed by atoms with E-state index in [1.165, 1.54) is 11.3 Å². The van der Waals surface area contributed by atoms with Gasteiger partial charge in [-0.2, -0.15) is 0 Å². The summed E-state index contributed by atoms with van der Waals surface area (Å²) in [6.07, 6.45) is 0. The van der Waals surface area contributed by atoms with Crippen LogP contribution in [0.2, 0.25) is 0 Å². The third kappa shape index (κ3) is 5.34. The molecule has 1 aromatic heterocycles. The number of nitrogens with one attached hydrogen (secondary N) is 2. The van der Waals surface area contributed by atoms with Gasteiger partial charge < -0.3 is 15.5 Å². The van der Waals surface area contributed by atoms with Gasteiger partial charge in [0.15, 0.2) is 0 Å². The molecule has 0 aliphatic rings. The van der Waals surface area contributed by atoms with E-state index in [-0.39, 0.29) is 24.0 Å². The maximum absolute atomic E-state index is 12.0. The standard InChI is InChI=1S/C14H24N4O2S/c1-6-15-14(20)18(10(4)5)7-12-17-11(8-21-12)13(19)16-9(2)3/h8-10H,6-7H2,1-5H3,(H,15,20)(H,16,19). The Balaban J connectivity index is 2.75. The first-order chi connectivity index (χ1) is 9.85. The molecule has 0 aliphatic carbocycles. The minimum absolute atomic E-state index is 0.0633. The van der Waals surface area contributed by atoms with Gasteiger partial charge in [0.1, 0.15) is 10.7 Å². The molecular weight excluding hydrogens is 288 g/mol. The Labute approximate surface area is 129 Å². The summed E-state index contributed by atoms with van der Waals surface area (Å²) in [4.78, 5) is 29.9. The number of amides is 3. The van der Waals surface area contributed by atoms with Crippen LogP contribution < -0.4 is 10.6 Å². The predicted octanol–water partition coefficient (Wildman–Crippen LogP) is 2.22. The van der Waals surface area contributed by atoms with E-state index in [1.807, 2.05) is 34.6 Å². The fourth-order valence-corrected chi connectivity index (χ4v) is 2.48. The van der Waals surface area contributed by atoms with Crippen LogP contribution in [-0.4, -0.2) is 40.5 Å². The Morgan fingerprint density at radius 3 is 2.52 bits per heavy atom. The van der Waals surface area contributed by atoms with E-state index in [4.69, 9.17) is 0 Å². The lowest BCUT2D eigenvalue weighted by Gasteiger charge is -2.25. The molecule has 3 amide bonds. The van der Waals surface area contributed by atoms with Gasteiger partial charge in [0.25, 0.3) is 5.91 Å². The molecule has 0 aromatic carbocycles. The van der Waals surface area contributed by atoms with Gasteiger partial charge in [-0.1, -0.05) is 0 Å². The van der Waals surface area contributed by atoms with E-state index >= 15 is 0 Å². The highest BCUT2D eigenvalue weighted by atomic mass is 32.1. The number of rotatable bonds is 6. The van der Waals surface area contributed by atoms with Crippen molar-refractivity contribution in [2.24, 2.45) is 0 Å². The van der Waals surface area contributed by atoms with Gasteiger partial charge in [0, 0.05) is 24.0 Å². The number of carbonyl (C=O) groups excluding carboxylic acids is 2. The van der Waals surface area contributed by atoms with E-state index < -0.39 is 0 Å². The van der Waals surface area contributed by atoms with E-state index in [2.05, 4.69) is 15.6 Å². The maximum Gasteiger partial charge on any atom is 0.318 e. The lowest BCUT2D eigenvalue weighted by Crippen LogP contribution is -2.43. The van der Waals surface area contributed by atoms with Crippen molar-refractivity contribution in [3.63, 3.8) is 0 Å². The molecule has 0 bridgehead atoms. The molecule has 0 saturated carbocycles. The van der Waals surface area contributed by atoms with Gasteiger partial charge in [-0.3, -0.25) is 4.79 Å². The molecular formula is C14H24N4O2S. The van der Waals surface area contributed by atoms with E-state index in [0.29, 0.717) is 18.8 Å². The number of aromatic nitrogens is 1. The lowest BCUT2D eigenvalue weighted by atomic mass is 10.3. The molecule has 0 unspecified atom stereocenters. The summed E-state index contributed by atoms with van der Waals surface area (Å²) in [6.45, 7) is 10.6. The molecule has 21 heavy (non-hydrogen) atoms. The molecule has 2 N–H and O–H groups in total. The average molecular weight is 312 g/mol.